The van der Waals surface area contributed by atoms with Crippen molar-refractivity contribution in [2.24, 2.45) is 0 Å². The predicted octanol–water partition coefficient (Wildman–Crippen LogP) is 0.915. The van der Waals surface area contributed by atoms with Gasteiger partial charge in [0.25, 0.3) is 5.91 Å². The maximum atomic E-state index is 12.2. The highest BCUT2D eigenvalue weighted by Crippen LogP contribution is 2.37. The Labute approximate surface area is 106 Å². The number of carbonyl (C=O) groups is 1. The van der Waals surface area contributed by atoms with Crippen molar-refractivity contribution in [2.45, 2.75) is 45.1 Å². The fourth-order valence-electron chi connectivity index (χ4n) is 1.85. The van der Waals surface area contributed by atoms with Crippen LogP contribution in [0.5, 0.6) is 0 Å². The smallest absolute Gasteiger partial charge is 0.293 e. The summed E-state index contributed by atoms with van der Waals surface area (Å²) in [7, 11) is 0. The van der Waals surface area contributed by atoms with Crippen LogP contribution in [0.25, 0.3) is 0 Å². The number of likely N-dealkylation sites (N-methyl/N-ethyl adjacent to an activating group) is 1. The number of carbonyl (C=O) groups excluding carboxylic acids is 1. The van der Waals surface area contributed by atoms with Gasteiger partial charge < -0.3 is 10.0 Å². The molecule has 1 heterocycles. The Hall–Kier alpha value is -1.43. The molecule has 1 fully saturated rings. The fraction of sp³-hybridized carbons (Fsp3) is 0.750. The monoisotopic (exact) mass is 252 g/mol. The highest BCUT2D eigenvalue weighted by Gasteiger charge is 2.30. The molecule has 0 saturated heterocycles. The van der Waals surface area contributed by atoms with Gasteiger partial charge in [0.15, 0.2) is 0 Å². The number of aromatic nitrogens is 3. The Morgan fingerprint density at radius 3 is 2.72 bits per heavy atom. The number of nitrogens with zero attached hydrogens (tertiary/aromatic N) is 3. The summed E-state index contributed by atoms with van der Waals surface area (Å²) in [6, 6.07) is 0. The van der Waals surface area contributed by atoms with Gasteiger partial charge in [-0.05, 0) is 33.6 Å². The van der Waals surface area contributed by atoms with Gasteiger partial charge in [-0.25, -0.2) is 4.98 Å². The van der Waals surface area contributed by atoms with Crippen LogP contribution in [0.2, 0.25) is 0 Å². The van der Waals surface area contributed by atoms with Crippen molar-refractivity contribution in [2.75, 3.05) is 13.1 Å². The minimum atomic E-state index is -0.915. The van der Waals surface area contributed by atoms with E-state index in [-0.39, 0.29) is 18.3 Å². The maximum Gasteiger partial charge on any atom is 0.293 e. The van der Waals surface area contributed by atoms with E-state index in [1.807, 2.05) is 6.92 Å². The van der Waals surface area contributed by atoms with Gasteiger partial charge in [-0.2, -0.15) is 0 Å². The number of rotatable bonds is 5. The van der Waals surface area contributed by atoms with Gasteiger partial charge in [-0.3, -0.25) is 9.89 Å². The molecule has 1 aliphatic rings. The van der Waals surface area contributed by atoms with Crippen LogP contribution in [-0.2, 0) is 0 Å². The third-order valence-corrected chi connectivity index (χ3v) is 2.90. The highest BCUT2D eigenvalue weighted by atomic mass is 16.3. The number of hydrogen-bond donors (Lipinski definition) is 2. The van der Waals surface area contributed by atoms with E-state index in [4.69, 9.17) is 0 Å². The van der Waals surface area contributed by atoms with Crippen LogP contribution in [0.15, 0.2) is 0 Å². The lowest BCUT2D eigenvalue weighted by atomic mass is 10.1. The number of nitrogens with one attached hydrogen (secondary N) is 1. The predicted molar refractivity (Wildman–Crippen MR) is 66.2 cm³/mol. The van der Waals surface area contributed by atoms with E-state index < -0.39 is 5.60 Å². The minimum absolute atomic E-state index is 0.197. The number of amides is 1. The van der Waals surface area contributed by atoms with E-state index in [1.54, 1.807) is 18.7 Å². The Kier molecular flexibility index (Phi) is 3.38. The Morgan fingerprint density at radius 1 is 1.56 bits per heavy atom. The van der Waals surface area contributed by atoms with Gasteiger partial charge in [-0.1, -0.05) is 0 Å². The Morgan fingerprint density at radius 2 is 2.22 bits per heavy atom. The average Bonchev–Trinajstić information content (AvgIpc) is 3.02. The van der Waals surface area contributed by atoms with Crippen LogP contribution in [0, 0.1) is 0 Å². The van der Waals surface area contributed by atoms with Gasteiger partial charge >= 0.3 is 0 Å². The molecule has 6 heteroatoms. The van der Waals surface area contributed by atoms with Crippen LogP contribution in [0.4, 0.5) is 0 Å². The number of H-pyrrole nitrogens is 1. The van der Waals surface area contributed by atoms with Crippen molar-refractivity contribution in [3.05, 3.63) is 11.6 Å². The molecule has 1 saturated carbocycles. The van der Waals surface area contributed by atoms with E-state index in [0.29, 0.717) is 12.5 Å². The normalized spacial score (nSPS) is 15.8. The zero-order valence-electron chi connectivity index (χ0n) is 11.1. The molecule has 0 atom stereocenters. The summed E-state index contributed by atoms with van der Waals surface area (Å²) in [5, 5.41) is 16.6. The maximum absolute atomic E-state index is 12.2. The molecular weight excluding hydrogens is 232 g/mol. The van der Waals surface area contributed by atoms with E-state index in [9.17, 15) is 9.90 Å². The van der Waals surface area contributed by atoms with Crippen molar-refractivity contribution < 1.29 is 9.90 Å². The van der Waals surface area contributed by atoms with Crippen LogP contribution < -0.4 is 0 Å². The van der Waals surface area contributed by atoms with E-state index in [0.717, 1.165) is 18.7 Å². The van der Waals surface area contributed by atoms with Gasteiger partial charge in [-0.15, -0.1) is 5.10 Å². The van der Waals surface area contributed by atoms with Gasteiger partial charge in [0.2, 0.25) is 5.82 Å². The molecular formula is C12H20N4O2. The van der Waals surface area contributed by atoms with Crippen LogP contribution in [0.3, 0.4) is 0 Å². The van der Waals surface area contributed by atoms with Crippen molar-refractivity contribution in [1.29, 1.82) is 0 Å². The third kappa shape index (κ3) is 3.07. The summed E-state index contributed by atoms with van der Waals surface area (Å²) in [6.45, 7) is 6.02. The first kappa shape index (κ1) is 13.0. The Balaban J connectivity index is 2.07. The third-order valence-electron chi connectivity index (χ3n) is 2.90. The van der Waals surface area contributed by atoms with Crippen LogP contribution in [0.1, 0.15) is 56.0 Å². The van der Waals surface area contributed by atoms with Crippen molar-refractivity contribution in [1.82, 2.24) is 20.1 Å². The van der Waals surface area contributed by atoms with Crippen molar-refractivity contribution >= 4 is 5.91 Å². The van der Waals surface area contributed by atoms with Crippen molar-refractivity contribution in [3.63, 3.8) is 0 Å². The second-order valence-electron chi connectivity index (χ2n) is 5.45. The summed E-state index contributed by atoms with van der Waals surface area (Å²) in [4.78, 5) is 18.0. The Bertz CT molecular complexity index is 432. The molecule has 1 aromatic heterocycles. The molecule has 2 rings (SSSR count). The number of hydrogen-bond acceptors (Lipinski definition) is 4. The summed E-state index contributed by atoms with van der Waals surface area (Å²) in [5.74, 6) is 1.21. The molecule has 2 N–H and O–H groups in total. The molecule has 0 radical (unpaired) electrons. The highest BCUT2D eigenvalue weighted by molar-refractivity contribution is 5.90. The number of aliphatic hydroxyl groups is 1. The molecule has 0 bridgehead atoms. The van der Waals surface area contributed by atoms with Gasteiger partial charge in [0.1, 0.15) is 5.82 Å². The SMILES string of the molecule is CCN(CC(C)(C)O)C(=O)c1n[nH]c(C2CC2)n1. The minimum Gasteiger partial charge on any atom is -0.389 e. The topological polar surface area (TPSA) is 82.1 Å². The first-order valence-corrected chi connectivity index (χ1v) is 6.34. The first-order valence-electron chi connectivity index (χ1n) is 6.34. The molecule has 0 unspecified atom stereocenters. The average molecular weight is 252 g/mol. The van der Waals surface area contributed by atoms with Gasteiger partial charge in [0.05, 0.1) is 5.60 Å². The molecule has 18 heavy (non-hydrogen) atoms. The molecule has 1 aromatic rings. The molecule has 1 aliphatic carbocycles. The summed E-state index contributed by atoms with van der Waals surface area (Å²) >= 11 is 0. The van der Waals surface area contributed by atoms with Crippen molar-refractivity contribution in [3.8, 4) is 0 Å². The molecule has 6 nitrogen and oxygen atoms in total. The zero-order valence-corrected chi connectivity index (χ0v) is 11.1. The first-order chi connectivity index (χ1) is 8.40. The van der Waals surface area contributed by atoms with Crippen LogP contribution >= 0.6 is 0 Å². The molecule has 0 aliphatic heterocycles. The lowest BCUT2D eigenvalue weighted by Gasteiger charge is -2.27. The van der Waals surface area contributed by atoms with Crippen LogP contribution in [-0.4, -0.2) is 49.8 Å². The van der Waals surface area contributed by atoms with E-state index >= 15 is 0 Å². The second kappa shape index (κ2) is 4.68. The lowest BCUT2D eigenvalue weighted by Crippen LogP contribution is -2.42. The lowest BCUT2D eigenvalue weighted by molar-refractivity contribution is 0.0308. The second-order valence-corrected chi connectivity index (χ2v) is 5.45. The number of aromatic amines is 1. The molecule has 1 amide bonds. The summed E-state index contributed by atoms with van der Waals surface area (Å²) in [6.07, 6.45) is 2.23. The van der Waals surface area contributed by atoms with E-state index in [1.165, 1.54) is 0 Å². The van der Waals surface area contributed by atoms with E-state index in [2.05, 4.69) is 15.2 Å². The molecule has 0 spiro atoms. The standard InChI is InChI=1S/C12H20N4O2/c1-4-16(7-12(2,3)18)11(17)10-13-9(14-15-10)8-5-6-8/h8,18H,4-7H2,1-3H3,(H,13,14,15). The quantitative estimate of drug-likeness (QED) is 0.816. The fourth-order valence-corrected chi connectivity index (χ4v) is 1.85. The van der Waals surface area contributed by atoms with Gasteiger partial charge in [0, 0.05) is 19.0 Å². The molecule has 0 aromatic carbocycles. The summed E-state index contributed by atoms with van der Waals surface area (Å²) < 4.78 is 0. The summed E-state index contributed by atoms with van der Waals surface area (Å²) in [5.41, 5.74) is -0.915. The molecule has 100 valence electrons. The largest absolute Gasteiger partial charge is 0.389 e. The zero-order chi connectivity index (χ0) is 13.3.